The number of para-hydroxylation sites is 1. The summed E-state index contributed by atoms with van der Waals surface area (Å²) in [6.45, 7) is 8.05. The zero-order valence-electron chi connectivity index (χ0n) is 21.9. The van der Waals surface area contributed by atoms with Crippen LogP contribution in [0.1, 0.15) is 23.7 Å². The van der Waals surface area contributed by atoms with Gasteiger partial charge in [-0.05, 0) is 30.7 Å². The van der Waals surface area contributed by atoms with E-state index in [1.165, 1.54) is 10.8 Å². The van der Waals surface area contributed by atoms with E-state index in [0.29, 0.717) is 55.2 Å². The molecule has 2 aliphatic heterocycles. The first kappa shape index (κ1) is 27.0. The Kier molecular flexibility index (Phi) is 7.45. The van der Waals surface area contributed by atoms with Crippen LogP contribution < -0.4 is 10.1 Å². The fraction of sp³-hybridized carbons (Fsp3) is 0.519. The van der Waals surface area contributed by atoms with E-state index in [0.717, 1.165) is 17.7 Å². The third kappa shape index (κ3) is 5.69. The second-order valence-electron chi connectivity index (χ2n) is 11.3. The molecule has 0 saturated carbocycles. The lowest BCUT2D eigenvalue weighted by molar-refractivity contribution is -0.145. The van der Waals surface area contributed by atoms with Crippen molar-refractivity contribution in [1.29, 1.82) is 0 Å². The Bertz CT molecular complexity index is 1280. The number of anilines is 1. The second-order valence-corrected chi connectivity index (χ2v) is 16.9. The molecule has 0 spiro atoms. The summed E-state index contributed by atoms with van der Waals surface area (Å²) in [5, 5.41) is 3.79. The van der Waals surface area contributed by atoms with Gasteiger partial charge in [0.15, 0.2) is 0 Å². The molecule has 1 aromatic carbocycles. The normalized spacial score (nSPS) is 22.4. The number of pyridine rings is 1. The van der Waals surface area contributed by atoms with Crippen LogP contribution >= 0.6 is 0 Å². The molecular formula is C27H34F4N4O2Si. The number of fused-ring (bicyclic) bond motifs is 2. The van der Waals surface area contributed by atoms with Crippen molar-refractivity contribution in [3.05, 3.63) is 53.9 Å². The summed E-state index contributed by atoms with van der Waals surface area (Å²) in [5.41, 5.74) is 0.486. The van der Waals surface area contributed by atoms with E-state index >= 15 is 0 Å². The molecule has 1 fully saturated rings. The average molecular weight is 551 g/mol. The first-order valence-corrected chi connectivity index (χ1v) is 16.7. The minimum atomic E-state index is -4.56. The number of alkyl halides is 4. The molecule has 0 aliphatic carbocycles. The number of rotatable bonds is 8. The van der Waals surface area contributed by atoms with Crippen LogP contribution in [0.15, 0.2) is 42.6 Å². The lowest BCUT2D eigenvalue weighted by atomic mass is 9.95. The van der Waals surface area contributed by atoms with Crippen molar-refractivity contribution in [3.63, 3.8) is 0 Å². The Balaban J connectivity index is 1.49. The number of ether oxygens (including phenoxy) is 2. The molecular weight excluding hydrogens is 516 g/mol. The monoisotopic (exact) mass is 550 g/mol. The van der Waals surface area contributed by atoms with Gasteiger partial charge in [-0.25, -0.2) is 9.37 Å². The molecule has 0 radical (unpaired) electrons. The quantitative estimate of drug-likeness (QED) is 0.202. The van der Waals surface area contributed by atoms with Crippen LogP contribution in [-0.2, 0) is 17.6 Å². The second kappa shape index (κ2) is 10.5. The molecule has 5 rings (SSSR count). The van der Waals surface area contributed by atoms with E-state index < -0.39 is 26.1 Å². The molecule has 2 aromatic heterocycles. The number of likely N-dealkylation sites (tertiary alicyclic amines) is 1. The third-order valence-electron chi connectivity index (χ3n) is 7.31. The topological polar surface area (TPSA) is 51.6 Å². The van der Waals surface area contributed by atoms with Crippen molar-refractivity contribution in [3.8, 4) is 5.75 Å². The summed E-state index contributed by atoms with van der Waals surface area (Å²) in [4.78, 5) is 6.51. The Morgan fingerprint density at radius 3 is 2.68 bits per heavy atom. The molecule has 11 heteroatoms. The Hall–Kier alpha value is -2.63. The van der Waals surface area contributed by atoms with Crippen LogP contribution in [0.4, 0.5) is 23.4 Å². The highest BCUT2D eigenvalue weighted by molar-refractivity contribution is 6.76. The smallest absolute Gasteiger partial charge is 0.431 e. The van der Waals surface area contributed by atoms with Gasteiger partial charge in [0.25, 0.3) is 0 Å². The van der Waals surface area contributed by atoms with Gasteiger partial charge in [-0.1, -0.05) is 37.8 Å². The molecule has 1 N–H and O–H groups in total. The summed E-state index contributed by atoms with van der Waals surface area (Å²) < 4.78 is 69.3. The van der Waals surface area contributed by atoms with Crippen molar-refractivity contribution >= 4 is 24.8 Å². The van der Waals surface area contributed by atoms with Gasteiger partial charge in [0.2, 0.25) is 0 Å². The van der Waals surface area contributed by atoms with Crippen molar-refractivity contribution in [2.45, 2.75) is 63.3 Å². The Labute approximate surface area is 220 Å². The van der Waals surface area contributed by atoms with E-state index in [2.05, 4.69) is 34.8 Å². The van der Waals surface area contributed by atoms with E-state index in [4.69, 9.17) is 9.47 Å². The number of halogens is 4. The van der Waals surface area contributed by atoms with Crippen LogP contribution in [0.3, 0.4) is 0 Å². The molecule has 0 unspecified atom stereocenters. The summed E-state index contributed by atoms with van der Waals surface area (Å²) >= 11 is 0. The van der Waals surface area contributed by atoms with Crippen LogP contribution in [0.25, 0.3) is 10.9 Å². The summed E-state index contributed by atoms with van der Waals surface area (Å²) in [6.07, 6.45) is -3.50. The first-order valence-electron chi connectivity index (χ1n) is 13.0. The number of nitrogens with zero attached hydrogens (tertiary/aromatic N) is 3. The number of benzene rings is 1. The molecule has 206 valence electrons. The highest BCUT2D eigenvalue weighted by Crippen LogP contribution is 2.40. The lowest BCUT2D eigenvalue weighted by Crippen LogP contribution is -2.47. The number of aromatic nitrogens is 2. The van der Waals surface area contributed by atoms with Crippen molar-refractivity contribution in [2.75, 3.05) is 31.6 Å². The molecule has 1 saturated heterocycles. The highest BCUT2D eigenvalue weighted by Gasteiger charge is 2.40. The fourth-order valence-electron chi connectivity index (χ4n) is 5.24. The predicted molar refractivity (Wildman–Crippen MR) is 142 cm³/mol. The highest BCUT2D eigenvalue weighted by atomic mass is 28.3. The molecule has 38 heavy (non-hydrogen) atoms. The van der Waals surface area contributed by atoms with Crippen molar-refractivity contribution in [1.82, 2.24) is 14.5 Å². The minimum Gasteiger partial charge on any atom is -0.491 e. The summed E-state index contributed by atoms with van der Waals surface area (Å²) in [6, 6.07) is 10.6. The molecule has 0 amide bonds. The lowest BCUT2D eigenvalue weighted by Gasteiger charge is -2.39. The van der Waals surface area contributed by atoms with Gasteiger partial charge < -0.3 is 19.4 Å². The van der Waals surface area contributed by atoms with Gasteiger partial charge in [-0.2, -0.15) is 13.2 Å². The van der Waals surface area contributed by atoms with Gasteiger partial charge in [0.05, 0.1) is 17.6 Å². The summed E-state index contributed by atoms with van der Waals surface area (Å²) in [5.74, 6) is 1.05. The van der Waals surface area contributed by atoms with Gasteiger partial charge in [-0.15, -0.1) is 0 Å². The third-order valence-corrected chi connectivity index (χ3v) is 9.01. The fourth-order valence-corrected chi connectivity index (χ4v) is 5.99. The van der Waals surface area contributed by atoms with Crippen LogP contribution in [0, 0.1) is 0 Å². The molecule has 2 aliphatic rings. The van der Waals surface area contributed by atoms with E-state index in [1.54, 1.807) is 6.07 Å². The number of nitrogens with one attached hydrogen (secondary N) is 1. The zero-order valence-corrected chi connectivity index (χ0v) is 22.9. The van der Waals surface area contributed by atoms with E-state index in [9.17, 15) is 17.6 Å². The molecule has 3 aromatic rings. The average Bonchev–Trinajstić information content (AvgIpc) is 3.45. The van der Waals surface area contributed by atoms with E-state index in [1.807, 2.05) is 24.3 Å². The molecule has 0 bridgehead atoms. The molecule has 4 heterocycles. The summed E-state index contributed by atoms with van der Waals surface area (Å²) in [7, 11) is -1.38. The van der Waals surface area contributed by atoms with Gasteiger partial charge in [0, 0.05) is 44.9 Å². The van der Waals surface area contributed by atoms with Crippen molar-refractivity contribution in [2.24, 2.45) is 0 Å². The maximum atomic E-state index is 14.1. The van der Waals surface area contributed by atoms with Gasteiger partial charge in [-0.3, -0.25) is 4.90 Å². The largest absolute Gasteiger partial charge is 0.491 e. The first-order chi connectivity index (χ1) is 18.0. The van der Waals surface area contributed by atoms with Gasteiger partial charge in [0.1, 0.15) is 36.8 Å². The van der Waals surface area contributed by atoms with Gasteiger partial charge >= 0.3 is 6.18 Å². The maximum absolute atomic E-state index is 14.1. The Morgan fingerprint density at radius 1 is 1.18 bits per heavy atom. The standard InChI is InChI=1S/C27H34F4N4O2Si/c1-38(2,3)13-12-36-17-35-21-8-10-32-26(20(21)14-24(35)27(29,30)31)33-25-19-6-4-5-7-23(19)37-16-22(25)34-11-9-18(28)15-34/h4-8,10,14,18,22,25H,9,11-13,15-17H2,1-3H3,(H,32,33)/t18-,22-,25-/m0/s1. The Morgan fingerprint density at radius 2 is 1.97 bits per heavy atom. The van der Waals surface area contributed by atoms with Crippen molar-refractivity contribution < 1.29 is 27.0 Å². The predicted octanol–water partition coefficient (Wildman–Crippen LogP) is 6.33. The van der Waals surface area contributed by atoms with E-state index in [-0.39, 0.29) is 18.8 Å². The van der Waals surface area contributed by atoms with Crippen LogP contribution in [0.2, 0.25) is 25.7 Å². The molecule has 3 atom stereocenters. The number of hydrogen-bond acceptors (Lipinski definition) is 5. The minimum absolute atomic E-state index is 0.194. The molecule has 6 nitrogen and oxygen atoms in total. The zero-order chi connectivity index (χ0) is 27.1. The van der Waals surface area contributed by atoms with Crippen LogP contribution in [0.5, 0.6) is 5.75 Å². The van der Waals surface area contributed by atoms with Crippen LogP contribution in [-0.4, -0.2) is 61.0 Å². The number of hydrogen-bond donors (Lipinski definition) is 1. The SMILES string of the molecule is C[Si](C)(C)CCOCn1c(C(F)(F)F)cc2c(N[C@H]3c4ccccc4OC[C@@H]3N3CC[C@H](F)C3)nccc21. The maximum Gasteiger partial charge on any atom is 0.431 e.